The lowest BCUT2D eigenvalue weighted by Crippen LogP contribution is -2.37. The van der Waals surface area contributed by atoms with Crippen LogP contribution in [0.3, 0.4) is 0 Å². The van der Waals surface area contributed by atoms with E-state index in [9.17, 15) is 9.59 Å². The van der Waals surface area contributed by atoms with Crippen molar-refractivity contribution < 1.29 is 9.59 Å². The number of amides is 4. The zero-order chi connectivity index (χ0) is 21.3. The molecular formula is C24H34N4O2. The Morgan fingerprint density at radius 1 is 0.500 bits per heavy atom. The molecule has 0 radical (unpaired) electrons. The van der Waals surface area contributed by atoms with Crippen molar-refractivity contribution >= 4 is 12.1 Å². The van der Waals surface area contributed by atoms with Crippen LogP contribution in [0.4, 0.5) is 9.59 Å². The topological polar surface area (TPSA) is 82.3 Å². The van der Waals surface area contributed by atoms with Crippen molar-refractivity contribution in [1.29, 1.82) is 0 Å². The molecule has 2 rings (SSSR count). The van der Waals surface area contributed by atoms with E-state index in [4.69, 9.17) is 0 Å². The van der Waals surface area contributed by atoms with Crippen LogP contribution in [-0.2, 0) is 12.8 Å². The highest BCUT2D eigenvalue weighted by molar-refractivity contribution is 5.74. The summed E-state index contributed by atoms with van der Waals surface area (Å²) >= 11 is 0. The van der Waals surface area contributed by atoms with Crippen molar-refractivity contribution in [2.75, 3.05) is 26.2 Å². The number of hydrogen-bond donors (Lipinski definition) is 4. The molecule has 0 aliphatic heterocycles. The zero-order valence-electron chi connectivity index (χ0n) is 17.7. The van der Waals surface area contributed by atoms with E-state index < -0.39 is 0 Å². The number of urea groups is 2. The maximum atomic E-state index is 11.7. The lowest BCUT2D eigenvalue weighted by molar-refractivity contribution is 0.239. The van der Waals surface area contributed by atoms with Gasteiger partial charge in [0.05, 0.1) is 0 Å². The monoisotopic (exact) mass is 410 g/mol. The highest BCUT2D eigenvalue weighted by Crippen LogP contribution is 2.00. The van der Waals surface area contributed by atoms with Crippen LogP contribution in [0.15, 0.2) is 60.7 Å². The first-order chi connectivity index (χ1) is 14.7. The summed E-state index contributed by atoms with van der Waals surface area (Å²) in [5.41, 5.74) is 2.44. The second kappa shape index (κ2) is 14.9. The first-order valence-corrected chi connectivity index (χ1v) is 10.9. The van der Waals surface area contributed by atoms with Gasteiger partial charge in [0.15, 0.2) is 0 Å². The van der Waals surface area contributed by atoms with Crippen LogP contribution >= 0.6 is 0 Å². The Balaban J connectivity index is 1.35. The van der Waals surface area contributed by atoms with E-state index in [0.29, 0.717) is 26.2 Å². The van der Waals surface area contributed by atoms with Crippen LogP contribution in [0.1, 0.15) is 36.8 Å². The van der Waals surface area contributed by atoms with Crippen LogP contribution in [0, 0.1) is 0 Å². The molecule has 2 aromatic rings. The first-order valence-electron chi connectivity index (χ1n) is 10.9. The van der Waals surface area contributed by atoms with Crippen LogP contribution in [-0.4, -0.2) is 38.2 Å². The maximum Gasteiger partial charge on any atom is 0.314 e. The Labute approximate surface area is 179 Å². The van der Waals surface area contributed by atoms with Crippen LogP contribution < -0.4 is 21.3 Å². The summed E-state index contributed by atoms with van der Waals surface area (Å²) in [5, 5.41) is 11.5. The molecule has 30 heavy (non-hydrogen) atoms. The lowest BCUT2D eigenvalue weighted by atomic mass is 10.1. The summed E-state index contributed by atoms with van der Waals surface area (Å²) in [5.74, 6) is 0. The Kier molecular flexibility index (Phi) is 11.6. The number of unbranched alkanes of at least 4 members (excludes halogenated alkanes) is 3. The van der Waals surface area contributed by atoms with Gasteiger partial charge in [-0.15, -0.1) is 0 Å². The third kappa shape index (κ3) is 11.1. The second-order valence-corrected chi connectivity index (χ2v) is 7.25. The highest BCUT2D eigenvalue weighted by atomic mass is 16.2. The maximum absolute atomic E-state index is 11.7. The molecule has 0 saturated heterocycles. The SMILES string of the molecule is O=C(NCCCCCCNC(=O)NCCc1ccccc1)NCCc1ccccc1. The number of carbonyl (C=O) groups is 2. The smallest absolute Gasteiger partial charge is 0.314 e. The number of hydrogen-bond acceptors (Lipinski definition) is 2. The summed E-state index contributed by atoms with van der Waals surface area (Å²) in [6.45, 7) is 2.61. The standard InChI is InChI=1S/C24H34N4O2/c29-23(27-19-15-21-11-5-3-6-12-21)25-17-9-1-2-10-18-26-24(30)28-20-16-22-13-7-4-8-14-22/h3-8,11-14H,1-2,9-10,15-20H2,(H2,25,27,29)(H2,26,28,30). The molecular weight excluding hydrogens is 376 g/mol. The van der Waals surface area contributed by atoms with Gasteiger partial charge in [0.1, 0.15) is 0 Å². The molecule has 0 aliphatic rings. The van der Waals surface area contributed by atoms with Gasteiger partial charge in [-0.3, -0.25) is 0 Å². The molecule has 0 aliphatic carbocycles. The summed E-state index contributed by atoms with van der Waals surface area (Å²) in [7, 11) is 0. The molecule has 0 fully saturated rings. The number of benzene rings is 2. The van der Waals surface area contributed by atoms with Gasteiger partial charge in [-0.05, 0) is 36.8 Å². The molecule has 6 heteroatoms. The van der Waals surface area contributed by atoms with E-state index in [1.807, 2.05) is 36.4 Å². The third-order valence-electron chi connectivity index (χ3n) is 4.76. The quantitative estimate of drug-likeness (QED) is 0.380. The molecule has 4 amide bonds. The third-order valence-corrected chi connectivity index (χ3v) is 4.76. The van der Waals surface area contributed by atoms with E-state index in [0.717, 1.165) is 38.5 Å². The zero-order valence-corrected chi connectivity index (χ0v) is 17.7. The number of carbonyl (C=O) groups excluding carboxylic acids is 2. The summed E-state index contributed by atoms with van der Waals surface area (Å²) in [6.07, 6.45) is 5.61. The Morgan fingerprint density at radius 3 is 1.27 bits per heavy atom. The van der Waals surface area contributed by atoms with E-state index in [1.165, 1.54) is 11.1 Å². The Morgan fingerprint density at radius 2 is 0.867 bits per heavy atom. The van der Waals surface area contributed by atoms with Crippen molar-refractivity contribution in [2.24, 2.45) is 0 Å². The minimum absolute atomic E-state index is 0.111. The predicted molar refractivity (Wildman–Crippen MR) is 122 cm³/mol. The van der Waals surface area contributed by atoms with Gasteiger partial charge in [0.25, 0.3) is 0 Å². The van der Waals surface area contributed by atoms with Gasteiger partial charge < -0.3 is 21.3 Å². The Hall–Kier alpha value is -3.02. The van der Waals surface area contributed by atoms with Crippen molar-refractivity contribution in [3.63, 3.8) is 0 Å². The highest BCUT2D eigenvalue weighted by Gasteiger charge is 2.01. The van der Waals surface area contributed by atoms with Crippen LogP contribution in [0.2, 0.25) is 0 Å². The molecule has 0 saturated carbocycles. The molecule has 6 nitrogen and oxygen atoms in total. The van der Waals surface area contributed by atoms with Gasteiger partial charge in [-0.2, -0.15) is 0 Å². The molecule has 0 spiro atoms. The minimum Gasteiger partial charge on any atom is -0.338 e. The summed E-state index contributed by atoms with van der Waals surface area (Å²) < 4.78 is 0. The number of nitrogens with one attached hydrogen (secondary N) is 4. The molecule has 0 heterocycles. The molecule has 4 N–H and O–H groups in total. The normalized spacial score (nSPS) is 10.3. The predicted octanol–water partition coefficient (Wildman–Crippen LogP) is 3.63. The van der Waals surface area contributed by atoms with Crippen molar-refractivity contribution in [3.8, 4) is 0 Å². The molecule has 2 aromatic carbocycles. The second-order valence-electron chi connectivity index (χ2n) is 7.25. The molecule has 0 aromatic heterocycles. The molecule has 0 atom stereocenters. The van der Waals surface area contributed by atoms with Gasteiger partial charge >= 0.3 is 12.1 Å². The van der Waals surface area contributed by atoms with Crippen molar-refractivity contribution in [1.82, 2.24) is 21.3 Å². The largest absolute Gasteiger partial charge is 0.338 e. The van der Waals surface area contributed by atoms with Crippen LogP contribution in [0.5, 0.6) is 0 Å². The first kappa shape index (κ1) is 23.3. The van der Waals surface area contributed by atoms with E-state index in [2.05, 4.69) is 45.5 Å². The fourth-order valence-corrected chi connectivity index (χ4v) is 3.06. The molecule has 162 valence electrons. The van der Waals surface area contributed by atoms with Gasteiger partial charge in [-0.25, -0.2) is 9.59 Å². The van der Waals surface area contributed by atoms with Crippen LogP contribution in [0.25, 0.3) is 0 Å². The summed E-state index contributed by atoms with van der Waals surface area (Å²) in [4.78, 5) is 23.5. The fourth-order valence-electron chi connectivity index (χ4n) is 3.06. The van der Waals surface area contributed by atoms with E-state index in [1.54, 1.807) is 0 Å². The average molecular weight is 411 g/mol. The van der Waals surface area contributed by atoms with E-state index >= 15 is 0 Å². The lowest BCUT2D eigenvalue weighted by Gasteiger charge is -2.09. The van der Waals surface area contributed by atoms with E-state index in [-0.39, 0.29) is 12.1 Å². The molecule has 0 unspecified atom stereocenters. The van der Waals surface area contributed by atoms with Gasteiger partial charge in [-0.1, -0.05) is 73.5 Å². The van der Waals surface area contributed by atoms with Gasteiger partial charge in [0, 0.05) is 26.2 Å². The minimum atomic E-state index is -0.111. The number of rotatable bonds is 13. The fraction of sp³-hybridized carbons (Fsp3) is 0.417. The summed E-state index contributed by atoms with van der Waals surface area (Å²) in [6, 6.07) is 20.0. The van der Waals surface area contributed by atoms with Crippen molar-refractivity contribution in [2.45, 2.75) is 38.5 Å². The Bertz CT molecular complexity index is 659. The average Bonchev–Trinajstić information content (AvgIpc) is 2.77. The van der Waals surface area contributed by atoms with Gasteiger partial charge in [0.2, 0.25) is 0 Å². The van der Waals surface area contributed by atoms with Crippen molar-refractivity contribution in [3.05, 3.63) is 71.8 Å². The molecule has 0 bridgehead atoms.